The fourth-order valence-electron chi connectivity index (χ4n) is 2.11. The molecule has 21 heavy (non-hydrogen) atoms. The highest BCUT2D eigenvalue weighted by Crippen LogP contribution is 2.30. The van der Waals surface area contributed by atoms with E-state index in [0.29, 0.717) is 0 Å². The van der Waals surface area contributed by atoms with Crippen molar-refractivity contribution in [1.29, 1.82) is 0 Å². The summed E-state index contributed by atoms with van der Waals surface area (Å²) in [5.41, 5.74) is 2.62. The van der Waals surface area contributed by atoms with Gasteiger partial charge >= 0.3 is 5.97 Å². The fraction of sp³-hybridized carbons (Fsp3) is 0.0588. The molecule has 0 aliphatic rings. The third-order valence-corrected chi connectivity index (χ3v) is 4.16. The van der Waals surface area contributed by atoms with Crippen LogP contribution in [0.2, 0.25) is 0 Å². The van der Waals surface area contributed by atoms with Gasteiger partial charge in [-0.3, -0.25) is 4.79 Å². The second-order valence-electron chi connectivity index (χ2n) is 4.64. The SMILES string of the molecule is O=C(O)C/C(=C/c1ccccc1)c1nc2ccccc2s1. The number of nitrogens with zero attached hydrogens (tertiary/aromatic N) is 1. The van der Waals surface area contributed by atoms with Crippen molar-refractivity contribution in [2.75, 3.05) is 0 Å². The van der Waals surface area contributed by atoms with Gasteiger partial charge in [0.25, 0.3) is 0 Å². The lowest BCUT2D eigenvalue weighted by Gasteiger charge is -2.01. The summed E-state index contributed by atoms with van der Waals surface area (Å²) in [6, 6.07) is 17.5. The molecule has 1 N–H and O–H groups in total. The van der Waals surface area contributed by atoms with E-state index in [9.17, 15) is 4.79 Å². The minimum atomic E-state index is -0.851. The highest BCUT2D eigenvalue weighted by atomic mass is 32.1. The number of rotatable bonds is 4. The highest BCUT2D eigenvalue weighted by Gasteiger charge is 2.12. The highest BCUT2D eigenvalue weighted by molar-refractivity contribution is 7.19. The molecule has 104 valence electrons. The minimum absolute atomic E-state index is 0.0330. The zero-order chi connectivity index (χ0) is 14.7. The minimum Gasteiger partial charge on any atom is -0.481 e. The van der Waals surface area contributed by atoms with E-state index in [-0.39, 0.29) is 6.42 Å². The number of carbonyl (C=O) groups is 1. The Labute approximate surface area is 126 Å². The largest absolute Gasteiger partial charge is 0.481 e. The summed E-state index contributed by atoms with van der Waals surface area (Å²) in [6.07, 6.45) is 1.86. The van der Waals surface area contributed by atoms with Gasteiger partial charge in [0.05, 0.1) is 16.6 Å². The Morgan fingerprint density at radius 3 is 2.52 bits per heavy atom. The van der Waals surface area contributed by atoms with Crippen LogP contribution in [-0.4, -0.2) is 16.1 Å². The van der Waals surface area contributed by atoms with Gasteiger partial charge in [-0.1, -0.05) is 42.5 Å². The molecule has 0 spiro atoms. The maximum atomic E-state index is 11.1. The summed E-state index contributed by atoms with van der Waals surface area (Å²) in [7, 11) is 0. The number of hydrogen-bond donors (Lipinski definition) is 1. The number of aliphatic carboxylic acids is 1. The molecule has 2 aromatic carbocycles. The molecular weight excluding hydrogens is 282 g/mol. The molecule has 4 heteroatoms. The predicted molar refractivity (Wildman–Crippen MR) is 86.2 cm³/mol. The van der Waals surface area contributed by atoms with Gasteiger partial charge in [0.2, 0.25) is 0 Å². The van der Waals surface area contributed by atoms with E-state index < -0.39 is 5.97 Å². The van der Waals surface area contributed by atoms with E-state index in [1.54, 1.807) is 0 Å². The van der Waals surface area contributed by atoms with Gasteiger partial charge in [0, 0.05) is 0 Å². The van der Waals surface area contributed by atoms with Crippen LogP contribution in [0.25, 0.3) is 21.9 Å². The average molecular weight is 295 g/mol. The van der Waals surface area contributed by atoms with Gasteiger partial charge in [0.1, 0.15) is 5.01 Å². The molecule has 0 amide bonds. The summed E-state index contributed by atoms with van der Waals surface area (Å²) in [5.74, 6) is -0.851. The van der Waals surface area contributed by atoms with Crippen LogP contribution in [-0.2, 0) is 4.79 Å². The van der Waals surface area contributed by atoms with Crippen LogP contribution in [0.1, 0.15) is 17.0 Å². The predicted octanol–water partition coefficient (Wildman–Crippen LogP) is 4.31. The van der Waals surface area contributed by atoms with Crippen LogP contribution in [0.3, 0.4) is 0 Å². The zero-order valence-electron chi connectivity index (χ0n) is 11.2. The molecule has 0 atom stereocenters. The molecule has 0 saturated heterocycles. The fourth-order valence-corrected chi connectivity index (χ4v) is 3.09. The van der Waals surface area contributed by atoms with Crippen LogP contribution in [0.5, 0.6) is 0 Å². The maximum Gasteiger partial charge on any atom is 0.307 e. The lowest BCUT2D eigenvalue weighted by Crippen LogP contribution is -1.96. The average Bonchev–Trinajstić information content (AvgIpc) is 2.91. The smallest absolute Gasteiger partial charge is 0.307 e. The van der Waals surface area contributed by atoms with E-state index in [2.05, 4.69) is 4.98 Å². The number of fused-ring (bicyclic) bond motifs is 1. The zero-order valence-corrected chi connectivity index (χ0v) is 12.0. The van der Waals surface area contributed by atoms with E-state index in [1.165, 1.54) is 11.3 Å². The maximum absolute atomic E-state index is 11.1. The van der Waals surface area contributed by atoms with Crippen LogP contribution < -0.4 is 0 Å². The topological polar surface area (TPSA) is 50.2 Å². The van der Waals surface area contributed by atoms with Crippen molar-refractivity contribution < 1.29 is 9.90 Å². The normalized spacial score (nSPS) is 11.7. The van der Waals surface area contributed by atoms with Crippen molar-refractivity contribution in [3.8, 4) is 0 Å². The number of thiazole rings is 1. The summed E-state index contributed by atoms with van der Waals surface area (Å²) in [6.45, 7) is 0. The molecule has 0 radical (unpaired) electrons. The molecule has 3 aromatic rings. The van der Waals surface area contributed by atoms with Crippen LogP contribution >= 0.6 is 11.3 Å². The second kappa shape index (κ2) is 5.89. The van der Waals surface area contributed by atoms with Gasteiger partial charge < -0.3 is 5.11 Å². The number of aromatic nitrogens is 1. The Balaban J connectivity index is 2.06. The summed E-state index contributed by atoms with van der Waals surface area (Å²) in [4.78, 5) is 15.7. The second-order valence-corrected chi connectivity index (χ2v) is 5.67. The lowest BCUT2D eigenvalue weighted by molar-refractivity contribution is -0.135. The lowest BCUT2D eigenvalue weighted by atomic mass is 10.1. The molecule has 1 heterocycles. The van der Waals surface area contributed by atoms with Crippen molar-refractivity contribution in [2.45, 2.75) is 6.42 Å². The molecule has 3 rings (SSSR count). The van der Waals surface area contributed by atoms with Crippen LogP contribution in [0.15, 0.2) is 54.6 Å². The summed E-state index contributed by atoms with van der Waals surface area (Å²) in [5, 5.41) is 9.90. The number of carboxylic acids is 1. The van der Waals surface area contributed by atoms with Crippen molar-refractivity contribution in [1.82, 2.24) is 4.98 Å². The number of para-hydroxylation sites is 1. The molecule has 0 fully saturated rings. The van der Waals surface area contributed by atoms with Crippen LogP contribution in [0, 0.1) is 0 Å². The number of benzene rings is 2. The molecule has 0 unspecified atom stereocenters. The number of carboxylic acid groups (broad SMARTS) is 1. The quantitative estimate of drug-likeness (QED) is 0.780. The van der Waals surface area contributed by atoms with Crippen molar-refractivity contribution in [3.05, 3.63) is 65.2 Å². The van der Waals surface area contributed by atoms with E-state index in [0.717, 1.165) is 26.4 Å². The Morgan fingerprint density at radius 1 is 1.10 bits per heavy atom. The van der Waals surface area contributed by atoms with Gasteiger partial charge in [-0.2, -0.15) is 0 Å². The van der Waals surface area contributed by atoms with Crippen molar-refractivity contribution in [2.24, 2.45) is 0 Å². The number of hydrogen-bond acceptors (Lipinski definition) is 3. The summed E-state index contributed by atoms with van der Waals surface area (Å²) >= 11 is 1.52. The first kappa shape index (κ1) is 13.5. The first-order valence-corrected chi connectivity index (χ1v) is 7.37. The summed E-state index contributed by atoms with van der Waals surface area (Å²) < 4.78 is 1.07. The van der Waals surface area contributed by atoms with E-state index >= 15 is 0 Å². The molecule has 0 aliphatic carbocycles. The van der Waals surface area contributed by atoms with Crippen LogP contribution in [0.4, 0.5) is 0 Å². The standard InChI is InChI=1S/C17H13NO2S/c19-16(20)11-13(10-12-6-2-1-3-7-12)17-18-14-8-4-5-9-15(14)21-17/h1-10H,11H2,(H,19,20)/b13-10-. The molecular formula is C17H13NO2S. The van der Waals surface area contributed by atoms with E-state index in [1.807, 2.05) is 60.7 Å². The third-order valence-electron chi connectivity index (χ3n) is 3.05. The molecule has 0 aliphatic heterocycles. The van der Waals surface area contributed by atoms with Crippen molar-refractivity contribution in [3.63, 3.8) is 0 Å². The first-order valence-electron chi connectivity index (χ1n) is 6.56. The van der Waals surface area contributed by atoms with Gasteiger partial charge in [-0.25, -0.2) is 4.98 Å². The third kappa shape index (κ3) is 3.17. The molecule has 0 saturated carbocycles. The Hall–Kier alpha value is -2.46. The molecule has 3 nitrogen and oxygen atoms in total. The Morgan fingerprint density at radius 2 is 1.81 bits per heavy atom. The van der Waals surface area contributed by atoms with Gasteiger partial charge in [-0.15, -0.1) is 11.3 Å². The molecule has 1 aromatic heterocycles. The van der Waals surface area contributed by atoms with Gasteiger partial charge in [0.15, 0.2) is 0 Å². The van der Waals surface area contributed by atoms with Gasteiger partial charge in [-0.05, 0) is 29.3 Å². The van der Waals surface area contributed by atoms with E-state index in [4.69, 9.17) is 5.11 Å². The Bertz CT molecular complexity index is 773. The first-order chi connectivity index (χ1) is 10.2. The Kier molecular flexibility index (Phi) is 3.79. The monoisotopic (exact) mass is 295 g/mol. The van der Waals surface area contributed by atoms with Crippen molar-refractivity contribution >= 4 is 39.2 Å². The molecule has 0 bridgehead atoms.